The Kier molecular flexibility index (Phi) is 9.10. The van der Waals surface area contributed by atoms with E-state index in [0.717, 1.165) is 28.7 Å². The molecule has 4 aromatic rings. The average molecular weight is 564 g/mol. The predicted octanol–water partition coefficient (Wildman–Crippen LogP) is 7.32. The Morgan fingerprint density at radius 2 is 1.29 bits per heavy atom. The largest absolute Gasteiger partial charge is 0.444 e. The summed E-state index contributed by atoms with van der Waals surface area (Å²) in [6, 6.07) is 39.7. The lowest BCUT2D eigenvalue weighted by Crippen LogP contribution is -2.47. The van der Waals surface area contributed by atoms with Crippen molar-refractivity contribution in [3.63, 3.8) is 0 Å². The van der Waals surface area contributed by atoms with Gasteiger partial charge in [0, 0.05) is 12.5 Å². The van der Waals surface area contributed by atoms with Crippen molar-refractivity contribution in [1.29, 1.82) is 0 Å². The van der Waals surface area contributed by atoms with Gasteiger partial charge in [-0.2, -0.15) is 0 Å². The number of rotatable bonds is 8. The van der Waals surface area contributed by atoms with E-state index in [4.69, 9.17) is 9.47 Å². The second-order valence-corrected chi connectivity index (χ2v) is 12.0. The first-order valence-electron chi connectivity index (χ1n) is 14.8. The molecular formula is C37H41NO4. The summed E-state index contributed by atoms with van der Waals surface area (Å²) in [7, 11) is 0. The molecule has 0 spiro atoms. The van der Waals surface area contributed by atoms with Crippen molar-refractivity contribution in [2.24, 2.45) is 0 Å². The second kappa shape index (κ2) is 12.9. The van der Waals surface area contributed by atoms with E-state index in [1.807, 2.05) is 39.0 Å². The molecule has 1 fully saturated rings. The molecule has 0 radical (unpaired) electrons. The molecule has 2 atom stereocenters. The Balaban J connectivity index is 1.29. The van der Waals surface area contributed by atoms with Crippen LogP contribution in [0.1, 0.15) is 60.9 Å². The van der Waals surface area contributed by atoms with Crippen molar-refractivity contribution >= 4 is 6.09 Å². The quantitative estimate of drug-likeness (QED) is 0.228. The van der Waals surface area contributed by atoms with Crippen LogP contribution in [0.25, 0.3) is 0 Å². The number of benzene rings is 4. The molecule has 1 aliphatic heterocycles. The molecule has 1 amide bonds. The van der Waals surface area contributed by atoms with Gasteiger partial charge in [0.1, 0.15) is 11.2 Å². The van der Waals surface area contributed by atoms with Crippen molar-refractivity contribution in [3.8, 4) is 0 Å². The number of aliphatic hydroxyl groups excluding tert-OH is 1. The highest BCUT2D eigenvalue weighted by Gasteiger charge is 2.37. The average Bonchev–Trinajstić information content (AvgIpc) is 3.00. The first-order chi connectivity index (χ1) is 20.3. The molecule has 0 bridgehead atoms. The van der Waals surface area contributed by atoms with Gasteiger partial charge >= 0.3 is 6.09 Å². The maximum absolute atomic E-state index is 12.5. The maximum atomic E-state index is 12.5. The number of nitrogens with zero attached hydrogens (tertiary/aromatic N) is 1. The zero-order valence-electron chi connectivity index (χ0n) is 24.8. The van der Waals surface area contributed by atoms with Crippen LogP contribution in [0.5, 0.6) is 0 Å². The van der Waals surface area contributed by atoms with Crippen molar-refractivity contribution in [3.05, 3.63) is 143 Å². The topological polar surface area (TPSA) is 59.0 Å². The van der Waals surface area contributed by atoms with Crippen LogP contribution in [0.2, 0.25) is 0 Å². The van der Waals surface area contributed by atoms with Crippen molar-refractivity contribution in [2.45, 2.75) is 56.8 Å². The zero-order valence-corrected chi connectivity index (χ0v) is 24.8. The van der Waals surface area contributed by atoms with Gasteiger partial charge in [-0.05, 0) is 61.4 Å². The highest BCUT2D eigenvalue weighted by Crippen LogP contribution is 2.40. The Morgan fingerprint density at radius 3 is 1.74 bits per heavy atom. The zero-order chi connectivity index (χ0) is 29.6. The molecule has 5 rings (SSSR count). The summed E-state index contributed by atoms with van der Waals surface area (Å²) < 4.78 is 12.4. The Morgan fingerprint density at radius 1 is 0.786 bits per heavy atom. The van der Waals surface area contributed by atoms with Crippen LogP contribution in [-0.2, 0) is 21.5 Å². The van der Waals surface area contributed by atoms with Crippen LogP contribution in [-0.4, -0.2) is 47.5 Å². The van der Waals surface area contributed by atoms with Gasteiger partial charge < -0.3 is 19.5 Å². The number of hydrogen-bond acceptors (Lipinski definition) is 4. The normalized spacial score (nSPS) is 17.6. The summed E-state index contributed by atoms with van der Waals surface area (Å²) in [5, 5.41) is 10.9. The van der Waals surface area contributed by atoms with Gasteiger partial charge in [0.15, 0.2) is 0 Å². The van der Waals surface area contributed by atoms with E-state index in [2.05, 4.69) is 97.1 Å². The number of β-amino-alcohol motifs (C(OH)–C–C–N with tert-alkyl or cyclic N) is 1. The maximum Gasteiger partial charge on any atom is 0.410 e. The van der Waals surface area contributed by atoms with Crippen LogP contribution in [0.3, 0.4) is 0 Å². The van der Waals surface area contributed by atoms with E-state index in [1.54, 1.807) is 4.90 Å². The minimum absolute atomic E-state index is 0.0177. The lowest BCUT2D eigenvalue weighted by Gasteiger charge is -2.37. The van der Waals surface area contributed by atoms with Crippen LogP contribution in [0.15, 0.2) is 115 Å². The lowest BCUT2D eigenvalue weighted by atomic mass is 9.80. The smallest absolute Gasteiger partial charge is 0.410 e. The summed E-state index contributed by atoms with van der Waals surface area (Å²) in [6.45, 7) is 6.92. The fourth-order valence-electron chi connectivity index (χ4n) is 5.83. The number of hydrogen-bond donors (Lipinski definition) is 1. The summed E-state index contributed by atoms with van der Waals surface area (Å²) in [6.07, 6.45) is 0.432. The van der Waals surface area contributed by atoms with Gasteiger partial charge in [-0.15, -0.1) is 0 Å². The highest BCUT2D eigenvalue weighted by molar-refractivity contribution is 5.68. The number of carbonyl (C=O) groups is 1. The molecule has 4 aromatic carbocycles. The van der Waals surface area contributed by atoms with Gasteiger partial charge in [-0.1, -0.05) is 115 Å². The fraction of sp³-hybridized carbons (Fsp3) is 0.324. The third kappa shape index (κ3) is 6.75. The van der Waals surface area contributed by atoms with Gasteiger partial charge in [0.25, 0.3) is 0 Å². The highest BCUT2D eigenvalue weighted by atomic mass is 16.6. The molecule has 42 heavy (non-hydrogen) atoms. The molecule has 1 N–H and O–H groups in total. The number of aliphatic hydroxyl groups is 1. The Hall–Kier alpha value is -3.93. The van der Waals surface area contributed by atoms with Crippen LogP contribution in [0, 0.1) is 0 Å². The molecule has 0 aromatic heterocycles. The molecule has 0 aliphatic carbocycles. The number of likely N-dealkylation sites (tertiary alicyclic amines) is 1. The van der Waals surface area contributed by atoms with Gasteiger partial charge in [0.05, 0.1) is 19.3 Å². The van der Waals surface area contributed by atoms with E-state index in [9.17, 15) is 9.90 Å². The van der Waals surface area contributed by atoms with E-state index in [-0.39, 0.29) is 18.6 Å². The minimum atomic E-state index is -0.740. The molecule has 1 saturated heterocycles. The molecule has 1 heterocycles. The number of piperidine rings is 1. The summed E-state index contributed by atoms with van der Waals surface area (Å²) in [5.41, 5.74) is 4.22. The molecule has 2 unspecified atom stereocenters. The van der Waals surface area contributed by atoms with Crippen molar-refractivity contribution < 1.29 is 19.4 Å². The van der Waals surface area contributed by atoms with E-state index >= 15 is 0 Å². The summed E-state index contributed by atoms with van der Waals surface area (Å²) in [4.78, 5) is 14.1. The fourth-order valence-corrected chi connectivity index (χ4v) is 5.83. The number of amides is 1. The second-order valence-electron chi connectivity index (χ2n) is 12.0. The molecule has 1 aliphatic rings. The van der Waals surface area contributed by atoms with Crippen molar-refractivity contribution in [2.75, 3.05) is 19.7 Å². The minimum Gasteiger partial charge on any atom is -0.444 e. The SMILES string of the molecule is CC(C)(C)OC(=O)N1CCC(c2ccc(CCOC(c3ccccc3)(c3ccccc3)c3ccccc3)cc2)C(O)C1. The molecular weight excluding hydrogens is 522 g/mol. The Labute approximate surface area is 249 Å². The van der Waals surface area contributed by atoms with E-state index < -0.39 is 17.3 Å². The third-order valence-electron chi connectivity index (χ3n) is 7.89. The van der Waals surface area contributed by atoms with Crippen LogP contribution < -0.4 is 0 Å². The standard InChI is InChI=1S/C37H41NO4/c1-36(2,3)42-35(40)38-25-23-33(34(39)27-38)29-21-19-28(20-22-29)24-26-41-37(30-13-7-4-8-14-30,31-15-9-5-10-16-31)32-17-11-6-12-18-32/h4-22,33-34,39H,23-27H2,1-3H3. The predicted molar refractivity (Wildman–Crippen MR) is 166 cm³/mol. The third-order valence-corrected chi connectivity index (χ3v) is 7.89. The van der Waals surface area contributed by atoms with Gasteiger partial charge in [-0.25, -0.2) is 4.79 Å². The first-order valence-corrected chi connectivity index (χ1v) is 14.8. The van der Waals surface area contributed by atoms with Crippen LogP contribution >= 0.6 is 0 Å². The first kappa shape index (κ1) is 29.6. The van der Waals surface area contributed by atoms with Crippen LogP contribution in [0.4, 0.5) is 4.79 Å². The monoisotopic (exact) mass is 563 g/mol. The Bertz CT molecular complexity index is 1320. The van der Waals surface area contributed by atoms with Crippen molar-refractivity contribution in [1.82, 2.24) is 4.90 Å². The number of ether oxygens (including phenoxy) is 2. The summed E-state index contributed by atoms with van der Waals surface area (Å²) in [5.74, 6) is -0.0177. The molecule has 218 valence electrons. The summed E-state index contributed by atoms with van der Waals surface area (Å²) >= 11 is 0. The van der Waals surface area contributed by atoms with E-state index in [1.165, 1.54) is 5.56 Å². The molecule has 5 nitrogen and oxygen atoms in total. The van der Waals surface area contributed by atoms with E-state index in [0.29, 0.717) is 19.6 Å². The van der Waals surface area contributed by atoms with Gasteiger partial charge in [0.2, 0.25) is 0 Å². The lowest BCUT2D eigenvalue weighted by molar-refractivity contribution is -0.00152. The molecule has 5 heteroatoms. The molecule has 0 saturated carbocycles. The number of carbonyl (C=O) groups excluding carboxylic acids is 1. The van der Waals surface area contributed by atoms with Gasteiger partial charge in [-0.3, -0.25) is 0 Å².